The van der Waals surface area contributed by atoms with Crippen LogP contribution in [0.15, 0.2) is 18.2 Å². The molecule has 0 aromatic heterocycles. The van der Waals surface area contributed by atoms with Crippen LogP contribution in [0.4, 0.5) is 5.69 Å². The number of hydrogen-bond acceptors (Lipinski definition) is 5. The number of nitrogens with zero attached hydrogens (tertiary/aromatic N) is 1. The van der Waals surface area contributed by atoms with Crippen molar-refractivity contribution in [2.45, 2.75) is 18.6 Å². The Kier molecular flexibility index (Phi) is 4.93. The molecule has 0 amide bonds. The van der Waals surface area contributed by atoms with Gasteiger partial charge in [0.1, 0.15) is 5.60 Å². The van der Waals surface area contributed by atoms with Crippen molar-refractivity contribution in [2.24, 2.45) is 0 Å². The minimum absolute atomic E-state index is 0.0658. The molecule has 20 heavy (non-hydrogen) atoms. The fourth-order valence-corrected chi connectivity index (χ4v) is 2.45. The van der Waals surface area contributed by atoms with Crippen molar-refractivity contribution in [3.63, 3.8) is 0 Å². The molecule has 1 heterocycles. The minimum Gasteiger partial charge on any atom is -0.378 e. The van der Waals surface area contributed by atoms with Gasteiger partial charge in [0.25, 0.3) is 5.69 Å². The first kappa shape index (κ1) is 15.2. The summed E-state index contributed by atoms with van der Waals surface area (Å²) in [5.74, 6) is 0. The van der Waals surface area contributed by atoms with Crippen molar-refractivity contribution >= 4 is 17.3 Å². The largest absolute Gasteiger partial charge is 0.378 e. The number of nitrogens with one attached hydrogen (secondary N) is 1. The van der Waals surface area contributed by atoms with E-state index in [1.165, 1.54) is 12.1 Å². The van der Waals surface area contributed by atoms with Crippen LogP contribution < -0.4 is 5.32 Å². The van der Waals surface area contributed by atoms with Crippen LogP contribution in [0, 0.1) is 10.1 Å². The molecule has 1 aliphatic rings. The summed E-state index contributed by atoms with van der Waals surface area (Å²) in [5.41, 5.74) is 0.289. The second kappa shape index (κ2) is 6.49. The van der Waals surface area contributed by atoms with Crippen LogP contribution in [0.2, 0.25) is 5.02 Å². The smallest absolute Gasteiger partial charge is 0.273 e. The van der Waals surface area contributed by atoms with Gasteiger partial charge in [-0.3, -0.25) is 10.1 Å². The van der Waals surface area contributed by atoms with Gasteiger partial charge in [-0.25, -0.2) is 0 Å². The molecular formula is C13H17ClN2O4. The summed E-state index contributed by atoms with van der Waals surface area (Å²) in [6.45, 7) is 2.15. The Balaban J connectivity index is 2.00. The first-order chi connectivity index (χ1) is 9.56. The fourth-order valence-electron chi connectivity index (χ4n) is 2.26. The van der Waals surface area contributed by atoms with Crippen molar-refractivity contribution in [2.75, 3.05) is 26.9 Å². The van der Waals surface area contributed by atoms with Gasteiger partial charge in [-0.05, 0) is 12.1 Å². The van der Waals surface area contributed by atoms with Crippen molar-refractivity contribution < 1.29 is 14.4 Å². The summed E-state index contributed by atoms with van der Waals surface area (Å²) >= 11 is 5.89. The molecule has 0 saturated carbocycles. The summed E-state index contributed by atoms with van der Waals surface area (Å²) in [7, 11) is 1.65. The molecule has 6 nitrogen and oxygen atoms in total. The minimum atomic E-state index is -0.405. The molecule has 1 aromatic carbocycles. The predicted molar refractivity (Wildman–Crippen MR) is 75.0 cm³/mol. The van der Waals surface area contributed by atoms with Crippen molar-refractivity contribution in [1.82, 2.24) is 5.32 Å². The molecule has 0 aliphatic carbocycles. The van der Waals surface area contributed by atoms with Crippen molar-refractivity contribution in [3.8, 4) is 0 Å². The van der Waals surface area contributed by atoms with Crippen LogP contribution in [-0.2, 0) is 16.0 Å². The summed E-state index contributed by atoms with van der Waals surface area (Å²) in [6.07, 6.45) is 0.814. The first-order valence-electron chi connectivity index (χ1n) is 6.33. The molecule has 1 saturated heterocycles. The fraction of sp³-hybridized carbons (Fsp3) is 0.538. The highest BCUT2D eigenvalue weighted by Crippen LogP contribution is 2.24. The van der Waals surface area contributed by atoms with E-state index in [1.807, 2.05) is 0 Å². The van der Waals surface area contributed by atoms with Crippen molar-refractivity contribution in [1.29, 1.82) is 0 Å². The van der Waals surface area contributed by atoms with Crippen LogP contribution in [0.25, 0.3) is 0 Å². The van der Waals surface area contributed by atoms with Crippen LogP contribution in [0.5, 0.6) is 0 Å². The third-order valence-electron chi connectivity index (χ3n) is 3.50. The standard InChI is InChI=1S/C13H17ClN2O4/c1-19-13(4-5-20-9-13)8-15-7-10-6-11(14)2-3-12(10)16(17)18/h2-3,6,15H,4-5,7-9H2,1H3. The third kappa shape index (κ3) is 3.46. The number of hydrogen-bond donors (Lipinski definition) is 1. The molecule has 0 bridgehead atoms. The number of benzene rings is 1. The Hall–Kier alpha value is -1.21. The second-order valence-electron chi connectivity index (χ2n) is 4.82. The number of ether oxygens (including phenoxy) is 2. The molecule has 1 N–H and O–H groups in total. The maximum atomic E-state index is 11.0. The molecule has 0 spiro atoms. The number of rotatable bonds is 6. The molecule has 1 aromatic rings. The first-order valence-corrected chi connectivity index (χ1v) is 6.70. The van der Waals surface area contributed by atoms with Crippen LogP contribution >= 0.6 is 11.6 Å². The van der Waals surface area contributed by atoms with Gasteiger partial charge >= 0.3 is 0 Å². The van der Waals surface area contributed by atoms with Crippen LogP contribution in [0.3, 0.4) is 0 Å². The molecule has 7 heteroatoms. The maximum Gasteiger partial charge on any atom is 0.273 e. The number of methoxy groups -OCH3 is 1. The quantitative estimate of drug-likeness (QED) is 0.643. The third-order valence-corrected chi connectivity index (χ3v) is 3.74. The van der Waals surface area contributed by atoms with E-state index in [0.717, 1.165) is 6.42 Å². The molecule has 1 atom stereocenters. The molecular weight excluding hydrogens is 284 g/mol. The molecule has 0 radical (unpaired) electrons. The Bertz CT molecular complexity index is 489. The number of nitro groups is 1. The van der Waals surface area contributed by atoms with Crippen LogP contribution in [-0.4, -0.2) is 37.4 Å². The highest BCUT2D eigenvalue weighted by Gasteiger charge is 2.34. The molecule has 110 valence electrons. The van der Waals surface area contributed by atoms with E-state index < -0.39 is 4.92 Å². The second-order valence-corrected chi connectivity index (χ2v) is 5.26. The van der Waals surface area contributed by atoms with E-state index in [-0.39, 0.29) is 11.3 Å². The number of halogens is 1. The lowest BCUT2D eigenvalue weighted by Crippen LogP contribution is -2.42. The number of nitro benzene ring substituents is 1. The average molecular weight is 301 g/mol. The van der Waals surface area contributed by atoms with Gasteiger partial charge < -0.3 is 14.8 Å². The zero-order chi connectivity index (χ0) is 14.6. The summed E-state index contributed by atoms with van der Waals surface area (Å²) in [4.78, 5) is 10.6. The lowest BCUT2D eigenvalue weighted by atomic mass is 10.0. The highest BCUT2D eigenvalue weighted by atomic mass is 35.5. The normalized spacial score (nSPS) is 22.1. The van der Waals surface area contributed by atoms with E-state index in [1.54, 1.807) is 13.2 Å². The van der Waals surface area contributed by atoms with E-state index in [9.17, 15) is 10.1 Å². The van der Waals surface area contributed by atoms with Gasteiger partial charge in [-0.15, -0.1) is 0 Å². The summed E-state index contributed by atoms with van der Waals surface area (Å²) < 4.78 is 10.8. The van der Waals surface area contributed by atoms with E-state index in [2.05, 4.69) is 5.32 Å². The lowest BCUT2D eigenvalue weighted by Gasteiger charge is -2.26. The zero-order valence-corrected chi connectivity index (χ0v) is 12.0. The van der Waals surface area contributed by atoms with Gasteiger partial charge in [-0.2, -0.15) is 0 Å². The monoisotopic (exact) mass is 300 g/mol. The SMILES string of the molecule is COC1(CNCc2cc(Cl)ccc2[N+](=O)[O-])CCOC1. The Morgan fingerprint density at radius 2 is 2.40 bits per heavy atom. The molecule has 2 rings (SSSR count). The zero-order valence-electron chi connectivity index (χ0n) is 11.2. The predicted octanol–water partition coefficient (Wildman–Crippen LogP) is 2.14. The summed E-state index contributed by atoms with van der Waals surface area (Å²) in [5, 5.41) is 14.6. The topological polar surface area (TPSA) is 73.6 Å². The van der Waals surface area contributed by atoms with Gasteiger partial charge in [0.2, 0.25) is 0 Å². The van der Waals surface area contributed by atoms with E-state index in [0.29, 0.717) is 36.9 Å². The van der Waals surface area contributed by atoms with Gasteiger partial charge in [0.05, 0.1) is 11.5 Å². The van der Waals surface area contributed by atoms with Crippen LogP contribution in [0.1, 0.15) is 12.0 Å². The molecule has 1 aliphatic heterocycles. The highest BCUT2D eigenvalue weighted by molar-refractivity contribution is 6.30. The molecule has 1 fully saturated rings. The lowest BCUT2D eigenvalue weighted by molar-refractivity contribution is -0.385. The van der Waals surface area contributed by atoms with Crippen molar-refractivity contribution in [3.05, 3.63) is 38.9 Å². The summed E-state index contributed by atoms with van der Waals surface area (Å²) in [6, 6.07) is 4.55. The Morgan fingerprint density at radius 3 is 3.00 bits per heavy atom. The van der Waals surface area contributed by atoms with Gasteiger partial charge in [0.15, 0.2) is 0 Å². The molecule has 1 unspecified atom stereocenters. The van der Waals surface area contributed by atoms with Gasteiger partial charge in [-0.1, -0.05) is 11.6 Å². The average Bonchev–Trinajstić information content (AvgIpc) is 2.88. The van der Waals surface area contributed by atoms with Gasteiger partial charge in [0, 0.05) is 49.9 Å². The Morgan fingerprint density at radius 1 is 1.60 bits per heavy atom. The van der Waals surface area contributed by atoms with E-state index >= 15 is 0 Å². The van der Waals surface area contributed by atoms with E-state index in [4.69, 9.17) is 21.1 Å². The maximum absolute atomic E-state index is 11.0. The Labute approximate surface area is 122 Å².